The van der Waals surface area contributed by atoms with Gasteiger partial charge in [0.2, 0.25) is 0 Å². The fourth-order valence-electron chi connectivity index (χ4n) is 2.94. The number of nitrogens with zero attached hydrogens (tertiary/aromatic N) is 4. The highest BCUT2D eigenvalue weighted by molar-refractivity contribution is 5.88. The van der Waals surface area contributed by atoms with Gasteiger partial charge < -0.3 is 9.88 Å². The molecule has 0 aliphatic carbocycles. The lowest BCUT2D eigenvalue weighted by atomic mass is 10.1. The summed E-state index contributed by atoms with van der Waals surface area (Å²) >= 11 is 0. The van der Waals surface area contributed by atoms with Crippen LogP contribution in [-0.4, -0.2) is 39.1 Å². The highest BCUT2D eigenvalue weighted by atomic mass is 15.1. The SMILES string of the molecule is C=C(CN(CC)CC)Nc1cc2cc(-c3cncn3C)ccc2cn1. The van der Waals surface area contributed by atoms with Gasteiger partial charge in [-0.05, 0) is 30.6 Å². The predicted molar refractivity (Wildman–Crippen MR) is 104 cm³/mol. The van der Waals surface area contributed by atoms with Gasteiger partial charge in [-0.15, -0.1) is 0 Å². The first-order valence-electron chi connectivity index (χ1n) is 8.64. The number of fused-ring (bicyclic) bond motifs is 1. The summed E-state index contributed by atoms with van der Waals surface area (Å²) in [5.41, 5.74) is 3.20. The highest BCUT2D eigenvalue weighted by Crippen LogP contribution is 2.25. The zero-order valence-corrected chi connectivity index (χ0v) is 15.2. The maximum atomic E-state index is 4.51. The first kappa shape index (κ1) is 17.2. The minimum absolute atomic E-state index is 0.821. The van der Waals surface area contributed by atoms with Crippen LogP contribution in [0.3, 0.4) is 0 Å². The average Bonchev–Trinajstić information content (AvgIpc) is 3.05. The zero-order chi connectivity index (χ0) is 17.8. The van der Waals surface area contributed by atoms with Crippen molar-refractivity contribution in [3.63, 3.8) is 0 Å². The molecule has 0 saturated heterocycles. The van der Waals surface area contributed by atoms with Crippen LogP contribution in [0, 0.1) is 0 Å². The number of aromatic nitrogens is 3. The Morgan fingerprint density at radius 1 is 1.16 bits per heavy atom. The monoisotopic (exact) mass is 335 g/mol. The summed E-state index contributed by atoms with van der Waals surface area (Å²) in [6, 6.07) is 8.45. The van der Waals surface area contributed by atoms with E-state index in [9.17, 15) is 0 Å². The molecule has 0 fully saturated rings. The number of hydrogen-bond acceptors (Lipinski definition) is 4. The molecule has 0 atom stereocenters. The molecule has 5 nitrogen and oxygen atoms in total. The molecule has 0 saturated carbocycles. The summed E-state index contributed by atoms with van der Waals surface area (Å²) in [5, 5.41) is 5.60. The quantitative estimate of drug-likeness (QED) is 0.711. The van der Waals surface area contributed by atoms with E-state index in [-0.39, 0.29) is 0 Å². The Bertz CT molecular complexity index is 877. The van der Waals surface area contributed by atoms with E-state index in [1.807, 2.05) is 30.3 Å². The van der Waals surface area contributed by atoms with Crippen molar-refractivity contribution in [2.45, 2.75) is 13.8 Å². The largest absolute Gasteiger partial charge is 0.343 e. The molecule has 3 rings (SSSR count). The minimum Gasteiger partial charge on any atom is -0.343 e. The van der Waals surface area contributed by atoms with Crippen LogP contribution in [0.15, 0.2) is 55.3 Å². The molecule has 2 heterocycles. The Labute approximate surface area is 149 Å². The Hall–Kier alpha value is -2.66. The summed E-state index contributed by atoms with van der Waals surface area (Å²) in [5.74, 6) is 0.826. The van der Waals surface area contributed by atoms with Crippen LogP contribution in [0.4, 0.5) is 5.82 Å². The van der Waals surface area contributed by atoms with E-state index in [0.717, 1.165) is 53.2 Å². The first-order chi connectivity index (χ1) is 12.1. The van der Waals surface area contributed by atoms with Crippen molar-refractivity contribution in [3.05, 3.63) is 55.3 Å². The summed E-state index contributed by atoms with van der Waals surface area (Å²) < 4.78 is 2.02. The number of pyridine rings is 1. The van der Waals surface area contributed by atoms with Gasteiger partial charge in [0.1, 0.15) is 5.82 Å². The number of imidazole rings is 1. The van der Waals surface area contributed by atoms with E-state index >= 15 is 0 Å². The van der Waals surface area contributed by atoms with Crippen LogP contribution in [0.2, 0.25) is 0 Å². The number of nitrogens with one attached hydrogen (secondary N) is 1. The van der Waals surface area contributed by atoms with Crippen LogP contribution >= 0.6 is 0 Å². The normalized spacial score (nSPS) is 11.2. The summed E-state index contributed by atoms with van der Waals surface area (Å²) in [6.45, 7) is 11.3. The van der Waals surface area contributed by atoms with Crippen molar-refractivity contribution >= 4 is 16.6 Å². The molecule has 1 N–H and O–H groups in total. The van der Waals surface area contributed by atoms with Gasteiger partial charge in [0.25, 0.3) is 0 Å². The van der Waals surface area contributed by atoms with Gasteiger partial charge >= 0.3 is 0 Å². The van der Waals surface area contributed by atoms with Gasteiger partial charge in [0.05, 0.1) is 18.2 Å². The van der Waals surface area contributed by atoms with E-state index < -0.39 is 0 Å². The maximum Gasteiger partial charge on any atom is 0.130 e. The Balaban J connectivity index is 1.83. The van der Waals surface area contributed by atoms with Crippen LogP contribution in [0.1, 0.15) is 13.8 Å². The van der Waals surface area contributed by atoms with E-state index in [2.05, 4.69) is 64.9 Å². The third-order valence-electron chi connectivity index (χ3n) is 4.45. The number of hydrogen-bond donors (Lipinski definition) is 1. The van der Waals surface area contributed by atoms with E-state index in [1.54, 1.807) is 0 Å². The molecule has 130 valence electrons. The van der Waals surface area contributed by atoms with Crippen molar-refractivity contribution in [1.29, 1.82) is 0 Å². The van der Waals surface area contributed by atoms with Gasteiger partial charge in [-0.25, -0.2) is 9.97 Å². The molecule has 0 bridgehead atoms. The number of benzene rings is 1. The van der Waals surface area contributed by atoms with Crippen LogP contribution in [0.5, 0.6) is 0 Å². The van der Waals surface area contributed by atoms with Crippen molar-refractivity contribution < 1.29 is 0 Å². The second-order valence-corrected chi connectivity index (χ2v) is 6.21. The summed E-state index contributed by atoms with van der Waals surface area (Å²) in [6.07, 6.45) is 5.60. The number of aryl methyl sites for hydroxylation is 1. The summed E-state index contributed by atoms with van der Waals surface area (Å²) in [7, 11) is 2.00. The number of anilines is 1. The lowest BCUT2D eigenvalue weighted by molar-refractivity contribution is 0.331. The highest BCUT2D eigenvalue weighted by Gasteiger charge is 2.06. The van der Waals surface area contributed by atoms with Gasteiger partial charge in [0.15, 0.2) is 0 Å². The average molecular weight is 335 g/mol. The molecule has 0 aliphatic rings. The molecular weight excluding hydrogens is 310 g/mol. The van der Waals surface area contributed by atoms with Gasteiger partial charge in [-0.2, -0.15) is 0 Å². The Morgan fingerprint density at radius 2 is 1.96 bits per heavy atom. The van der Waals surface area contributed by atoms with Crippen LogP contribution in [-0.2, 0) is 7.05 Å². The molecule has 25 heavy (non-hydrogen) atoms. The molecule has 5 heteroatoms. The van der Waals surface area contributed by atoms with E-state index in [1.165, 1.54) is 0 Å². The zero-order valence-electron chi connectivity index (χ0n) is 15.2. The van der Waals surface area contributed by atoms with Crippen molar-refractivity contribution in [2.75, 3.05) is 25.0 Å². The molecule has 0 amide bonds. The molecule has 1 aromatic carbocycles. The topological polar surface area (TPSA) is 46.0 Å². The fourth-order valence-corrected chi connectivity index (χ4v) is 2.94. The van der Waals surface area contributed by atoms with Gasteiger partial charge in [-0.1, -0.05) is 32.6 Å². The Kier molecular flexibility index (Phi) is 5.14. The van der Waals surface area contributed by atoms with Crippen molar-refractivity contribution in [3.8, 4) is 11.3 Å². The number of likely N-dealkylation sites (N-methyl/N-ethyl adjacent to an activating group) is 1. The first-order valence-corrected chi connectivity index (χ1v) is 8.64. The molecule has 0 spiro atoms. The minimum atomic E-state index is 0.821. The molecule has 3 aromatic rings. The summed E-state index contributed by atoms with van der Waals surface area (Å²) in [4.78, 5) is 11.0. The number of rotatable bonds is 7. The second kappa shape index (κ2) is 7.49. The van der Waals surface area contributed by atoms with Crippen LogP contribution < -0.4 is 5.32 Å². The Morgan fingerprint density at radius 3 is 2.64 bits per heavy atom. The predicted octanol–water partition coefficient (Wildman–Crippen LogP) is 3.90. The van der Waals surface area contributed by atoms with Crippen molar-refractivity contribution in [2.24, 2.45) is 7.05 Å². The second-order valence-electron chi connectivity index (χ2n) is 6.21. The molecule has 0 radical (unpaired) electrons. The maximum absolute atomic E-state index is 4.51. The van der Waals surface area contributed by atoms with E-state index in [4.69, 9.17) is 0 Å². The van der Waals surface area contributed by atoms with Crippen LogP contribution in [0.25, 0.3) is 22.0 Å². The smallest absolute Gasteiger partial charge is 0.130 e. The van der Waals surface area contributed by atoms with E-state index in [0.29, 0.717) is 0 Å². The van der Waals surface area contributed by atoms with Crippen molar-refractivity contribution in [1.82, 2.24) is 19.4 Å². The van der Waals surface area contributed by atoms with Gasteiger partial charge in [-0.3, -0.25) is 4.90 Å². The third kappa shape index (κ3) is 3.88. The lowest BCUT2D eigenvalue weighted by Gasteiger charge is -2.20. The molecule has 0 unspecified atom stereocenters. The third-order valence-corrected chi connectivity index (χ3v) is 4.45. The molecule has 2 aromatic heterocycles. The molecular formula is C20H25N5. The standard InChI is InChI=1S/C20H25N5/c1-5-25(6-2)13-15(3)23-20-10-18-9-16(7-8-17(18)11-22-20)19-12-21-14-24(19)4/h7-12,14H,3,5-6,13H2,1-2,4H3,(H,22,23). The fraction of sp³-hybridized carbons (Fsp3) is 0.300. The van der Waals surface area contributed by atoms with Gasteiger partial charge in [0, 0.05) is 36.4 Å². The lowest BCUT2D eigenvalue weighted by Crippen LogP contribution is -2.27. The molecule has 0 aliphatic heterocycles.